The van der Waals surface area contributed by atoms with Crippen molar-refractivity contribution in [2.45, 2.75) is 52.3 Å². The second-order valence-corrected chi connectivity index (χ2v) is 11.6. The molecule has 0 radical (unpaired) electrons. The molecule has 5 rings (SSSR count). The summed E-state index contributed by atoms with van der Waals surface area (Å²) in [5.41, 5.74) is -0.994. The SMILES string of the molecule is CC.CNS(=O)(=O)Cc1cccc(Oc2c(C)c(=O)n(C)c3c2c(=O)n(C2CC2)c(=O)n3-c2ccc(C)cc2F)c1.[HH]. The van der Waals surface area contributed by atoms with Crippen LogP contribution in [-0.4, -0.2) is 29.2 Å². The van der Waals surface area contributed by atoms with E-state index in [0.29, 0.717) is 24.0 Å². The Balaban J connectivity index is 0.00000158. The smallest absolute Gasteiger partial charge is 0.337 e. The molecule has 1 aliphatic carbocycles. The molecule has 4 aromatic rings. The first-order valence-electron chi connectivity index (χ1n) is 13.3. The molecule has 220 valence electrons. The highest BCUT2D eigenvalue weighted by Crippen LogP contribution is 2.35. The fraction of sp³-hybridized carbons (Fsp3) is 0.345. The summed E-state index contributed by atoms with van der Waals surface area (Å²) in [6.45, 7) is 7.20. The van der Waals surface area contributed by atoms with Gasteiger partial charge in [0.2, 0.25) is 10.0 Å². The number of sulfonamides is 1. The van der Waals surface area contributed by atoms with Gasteiger partial charge in [-0.25, -0.2) is 26.9 Å². The lowest BCUT2D eigenvalue weighted by atomic mass is 10.1. The molecule has 1 fully saturated rings. The van der Waals surface area contributed by atoms with E-state index in [0.717, 1.165) is 13.7 Å². The van der Waals surface area contributed by atoms with Crippen LogP contribution in [0.25, 0.3) is 16.7 Å². The average Bonchev–Trinajstić information content (AvgIpc) is 3.77. The van der Waals surface area contributed by atoms with Crippen LogP contribution in [0.3, 0.4) is 0 Å². The quantitative estimate of drug-likeness (QED) is 0.349. The topological polar surface area (TPSA) is 121 Å². The fourth-order valence-electron chi connectivity index (χ4n) is 4.66. The van der Waals surface area contributed by atoms with Gasteiger partial charge in [-0.15, -0.1) is 0 Å². The summed E-state index contributed by atoms with van der Waals surface area (Å²) in [6, 6.07) is 10.2. The van der Waals surface area contributed by atoms with Gasteiger partial charge in [0.1, 0.15) is 22.6 Å². The molecule has 0 unspecified atom stereocenters. The van der Waals surface area contributed by atoms with Crippen molar-refractivity contribution in [3.63, 3.8) is 0 Å². The maximum absolute atomic E-state index is 15.2. The molecule has 0 bridgehead atoms. The minimum Gasteiger partial charge on any atom is -0.456 e. The van der Waals surface area contributed by atoms with E-state index in [4.69, 9.17) is 4.74 Å². The molecule has 12 heteroatoms. The molecule has 0 spiro atoms. The first kappa shape index (κ1) is 29.9. The Hall–Kier alpha value is -4.03. The molecule has 0 aliphatic heterocycles. The minimum absolute atomic E-state index is 0. The average molecular weight is 587 g/mol. The van der Waals surface area contributed by atoms with E-state index in [1.165, 1.54) is 39.2 Å². The predicted octanol–water partition coefficient (Wildman–Crippen LogP) is 4.06. The van der Waals surface area contributed by atoms with Gasteiger partial charge in [-0.1, -0.05) is 32.0 Å². The summed E-state index contributed by atoms with van der Waals surface area (Å²) >= 11 is 0. The second kappa shape index (κ2) is 11.5. The lowest BCUT2D eigenvalue weighted by molar-refractivity contribution is 0.479. The van der Waals surface area contributed by atoms with Crippen molar-refractivity contribution in [3.8, 4) is 17.2 Å². The maximum Gasteiger partial charge on any atom is 0.337 e. The molecule has 41 heavy (non-hydrogen) atoms. The van der Waals surface area contributed by atoms with E-state index in [-0.39, 0.29) is 47.0 Å². The third-order valence-electron chi connectivity index (χ3n) is 6.82. The van der Waals surface area contributed by atoms with Gasteiger partial charge in [0.25, 0.3) is 11.1 Å². The van der Waals surface area contributed by atoms with Crippen molar-refractivity contribution in [3.05, 3.63) is 96.2 Å². The normalized spacial score (nSPS) is 13.1. The molecule has 1 saturated carbocycles. The molecule has 0 atom stereocenters. The zero-order valence-electron chi connectivity index (χ0n) is 23.8. The number of fused-ring (bicyclic) bond motifs is 1. The Morgan fingerprint density at radius 3 is 2.34 bits per heavy atom. The largest absolute Gasteiger partial charge is 0.456 e. The van der Waals surface area contributed by atoms with Gasteiger partial charge >= 0.3 is 5.69 Å². The van der Waals surface area contributed by atoms with Crippen LogP contribution in [0.1, 0.15) is 50.8 Å². The fourth-order valence-corrected chi connectivity index (χ4v) is 5.43. The van der Waals surface area contributed by atoms with E-state index in [9.17, 15) is 22.8 Å². The number of rotatable bonds is 7. The third kappa shape index (κ3) is 5.62. The Morgan fingerprint density at radius 2 is 1.73 bits per heavy atom. The summed E-state index contributed by atoms with van der Waals surface area (Å²) in [4.78, 5) is 40.9. The van der Waals surface area contributed by atoms with E-state index in [2.05, 4.69) is 4.72 Å². The van der Waals surface area contributed by atoms with E-state index < -0.39 is 32.6 Å². The molecular weight excluding hydrogens is 551 g/mol. The Labute approximate surface area is 238 Å². The van der Waals surface area contributed by atoms with Crippen LogP contribution >= 0.6 is 0 Å². The first-order valence-corrected chi connectivity index (χ1v) is 14.9. The zero-order valence-corrected chi connectivity index (χ0v) is 24.6. The highest BCUT2D eigenvalue weighted by molar-refractivity contribution is 7.88. The summed E-state index contributed by atoms with van der Waals surface area (Å²) in [5.74, 6) is -0.888. The van der Waals surface area contributed by atoms with Gasteiger partial charge in [-0.05, 0) is 69.1 Å². The molecule has 1 aliphatic rings. The van der Waals surface area contributed by atoms with Crippen LogP contribution in [0.15, 0.2) is 56.8 Å². The number of aryl methyl sites for hydroxylation is 2. The molecule has 2 aromatic heterocycles. The van der Waals surface area contributed by atoms with Gasteiger partial charge in [0.15, 0.2) is 5.75 Å². The lowest BCUT2D eigenvalue weighted by Crippen LogP contribution is -2.41. The van der Waals surface area contributed by atoms with Crippen LogP contribution in [0.5, 0.6) is 11.5 Å². The number of nitrogens with one attached hydrogen (secondary N) is 1. The van der Waals surface area contributed by atoms with Crippen LogP contribution in [-0.2, 0) is 22.8 Å². The number of ether oxygens (including phenoxy) is 1. The van der Waals surface area contributed by atoms with Crippen LogP contribution in [0, 0.1) is 19.7 Å². The number of hydrogen-bond donors (Lipinski definition) is 1. The van der Waals surface area contributed by atoms with E-state index in [1.54, 1.807) is 31.2 Å². The molecule has 0 amide bonds. The first-order chi connectivity index (χ1) is 19.4. The van der Waals surface area contributed by atoms with Gasteiger partial charge in [0.05, 0.1) is 17.0 Å². The standard InChI is InChI=1S/C27H27FN4O6S.C2H6.H2/c1-15-8-11-21(20(28)12-15)32-24-22(26(34)31(27(32)35)18-9-10-18)23(16(2)25(33)30(24)4)38-19-7-5-6-17(13-19)14-39(36,37)29-3;1-2;/h5-8,11-13,18,29H,9-10,14H2,1-4H3;1-2H3;1H. The Kier molecular flexibility index (Phi) is 8.36. The van der Waals surface area contributed by atoms with Crippen molar-refractivity contribution in [2.75, 3.05) is 7.05 Å². The molecule has 0 saturated heterocycles. The molecule has 10 nitrogen and oxygen atoms in total. The van der Waals surface area contributed by atoms with E-state index >= 15 is 4.39 Å². The van der Waals surface area contributed by atoms with E-state index in [1.807, 2.05) is 13.8 Å². The molecular formula is C29H35FN4O6S. The molecule has 2 aromatic carbocycles. The number of benzene rings is 2. The van der Waals surface area contributed by atoms with Crippen molar-refractivity contribution >= 4 is 21.1 Å². The van der Waals surface area contributed by atoms with Crippen LogP contribution < -0.4 is 26.3 Å². The second-order valence-electron chi connectivity index (χ2n) is 9.71. The number of halogens is 1. The van der Waals surface area contributed by atoms with Gasteiger partial charge in [-0.2, -0.15) is 0 Å². The van der Waals surface area contributed by atoms with Crippen LogP contribution in [0.4, 0.5) is 4.39 Å². The molecule has 2 heterocycles. The predicted molar refractivity (Wildman–Crippen MR) is 158 cm³/mol. The Bertz CT molecular complexity index is 1950. The van der Waals surface area contributed by atoms with Gasteiger partial charge in [0, 0.05) is 14.5 Å². The minimum atomic E-state index is -3.57. The highest BCUT2D eigenvalue weighted by atomic mass is 32.2. The van der Waals surface area contributed by atoms with Crippen molar-refractivity contribution in [1.82, 2.24) is 18.4 Å². The Morgan fingerprint density at radius 1 is 1.05 bits per heavy atom. The zero-order chi connectivity index (χ0) is 30.2. The van der Waals surface area contributed by atoms with Crippen molar-refractivity contribution in [1.29, 1.82) is 0 Å². The van der Waals surface area contributed by atoms with Crippen molar-refractivity contribution < 1.29 is 19.0 Å². The number of pyridine rings is 1. The molecule has 1 N–H and O–H groups in total. The lowest BCUT2D eigenvalue weighted by Gasteiger charge is -2.20. The van der Waals surface area contributed by atoms with Gasteiger partial charge < -0.3 is 4.74 Å². The summed E-state index contributed by atoms with van der Waals surface area (Å²) in [5, 5.41) is -0.0608. The number of hydrogen-bond acceptors (Lipinski definition) is 6. The highest BCUT2D eigenvalue weighted by Gasteiger charge is 2.32. The van der Waals surface area contributed by atoms with Crippen LogP contribution in [0.2, 0.25) is 0 Å². The maximum atomic E-state index is 15.2. The number of aromatic nitrogens is 3. The third-order valence-corrected chi connectivity index (χ3v) is 8.15. The summed E-state index contributed by atoms with van der Waals surface area (Å²) in [7, 11) is -0.844. The number of nitrogens with zero attached hydrogens (tertiary/aromatic N) is 3. The van der Waals surface area contributed by atoms with Gasteiger partial charge in [-0.3, -0.25) is 18.7 Å². The monoisotopic (exact) mass is 586 g/mol. The van der Waals surface area contributed by atoms with Crippen molar-refractivity contribution in [2.24, 2.45) is 7.05 Å². The summed E-state index contributed by atoms with van der Waals surface area (Å²) < 4.78 is 51.0. The summed E-state index contributed by atoms with van der Waals surface area (Å²) in [6.07, 6.45) is 1.22.